The molecule has 0 spiro atoms. The van der Waals surface area contributed by atoms with Gasteiger partial charge in [0.2, 0.25) is 0 Å². The van der Waals surface area contributed by atoms with E-state index in [1.54, 1.807) is 0 Å². The summed E-state index contributed by atoms with van der Waals surface area (Å²) in [7, 11) is 2.18. The summed E-state index contributed by atoms with van der Waals surface area (Å²) in [5, 5.41) is 19.4. The predicted octanol–water partition coefficient (Wildman–Crippen LogP) is -2.21. The Labute approximate surface area is 114 Å². The summed E-state index contributed by atoms with van der Waals surface area (Å²) in [5.74, 6) is -3.07. The third-order valence-corrected chi connectivity index (χ3v) is 2.16. The maximum atomic E-state index is 11.7. The molecule has 0 fully saturated rings. The molecule has 10 nitrogen and oxygen atoms in total. The third-order valence-electron chi connectivity index (χ3n) is 2.16. The van der Waals surface area contributed by atoms with Gasteiger partial charge in [0.15, 0.2) is 6.04 Å². The Hall–Kier alpha value is -2.36. The molecule has 0 aliphatic carbocycles. The van der Waals surface area contributed by atoms with Gasteiger partial charge >= 0.3 is 23.9 Å². The number of carbonyl (C=O) groups is 4. The highest BCUT2D eigenvalue weighted by atomic mass is 16.5. The van der Waals surface area contributed by atoms with Gasteiger partial charge in [0.1, 0.15) is 13.1 Å². The lowest BCUT2D eigenvalue weighted by atomic mass is 10.3. The zero-order valence-electron chi connectivity index (χ0n) is 11.0. The van der Waals surface area contributed by atoms with E-state index in [-0.39, 0.29) is 0 Å². The lowest BCUT2D eigenvalue weighted by molar-refractivity contribution is -0.144. The molecule has 0 aliphatic heterocycles. The molecule has 3 N–H and O–H groups in total. The second kappa shape index (κ2) is 8.69. The number of aliphatic carboxylic acids is 1. The zero-order valence-corrected chi connectivity index (χ0v) is 11.0. The summed E-state index contributed by atoms with van der Waals surface area (Å²) in [6, 6.07) is -2.58. The highest BCUT2D eigenvalue weighted by Gasteiger charge is 2.25. The number of amides is 2. The standard InChI is InChI=1S/C10H16N2O8/c1-19-7(14)3-12(4-8(15)20-2)10(18)11-6(5-13)9(16)17/h6,13H,3-5H2,1-2H3,(H,11,18)(H,16,17)/t6-/m1/s1. The van der Waals surface area contributed by atoms with Crippen LogP contribution in [0.4, 0.5) is 4.79 Å². The van der Waals surface area contributed by atoms with Crippen molar-refractivity contribution in [2.75, 3.05) is 33.9 Å². The number of urea groups is 1. The Kier molecular flexibility index (Phi) is 7.67. The molecular weight excluding hydrogens is 276 g/mol. The van der Waals surface area contributed by atoms with Crippen molar-refractivity contribution in [2.45, 2.75) is 6.04 Å². The topological polar surface area (TPSA) is 142 Å². The molecule has 0 aliphatic rings. The molecule has 1 atom stereocenters. The maximum Gasteiger partial charge on any atom is 0.328 e. The highest BCUT2D eigenvalue weighted by molar-refractivity contribution is 5.87. The summed E-state index contributed by atoms with van der Waals surface area (Å²) >= 11 is 0. The fourth-order valence-corrected chi connectivity index (χ4v) is 1.07. The molecule has 0 saturated heterocycles. The fraction of sp³-hybridized carbons (Fsp3) is 0.600. The lowest BCUT2D eigenvalue weighted by Crippen LogP contribution is -2.52. The number of methoxy groups -OCH3 is 2. The first kappa shape index (κ1) is 17.6. The van der Waals surface area contributed by atoms with Crippen LogP contribution in [0.2, 0.25) is 0 Å². The highest BCUT2D eigenvalue weighted by Crippen LogP contribution is 1.95. The Morgan fingerprint density at radius 2 is 1.55 bits per heavy atom. The minimum absolute atomic E-state index is 0.574. The van der Waals surface area contributed by atoms with Crippen LogP contribution in [0.15, 0.2) is 0 Å². The van der Waals surface area contributed by atoms with E-state index in [2.05, 4.69) is 9.47 Å². The van der Waals surface area contributed by atoms with E-state index in [0.29, 0.717) is 4.90 Å². The first-order chi connectivity index (χ1) is 9.35. The number of carbonyl (C=O) groups excluding carboxylic acids is 3. The zero-order chi connectivity index (χ0) is 15.7. The molecule has 0 aromatic rings. The van der Waals surface area contributed by atoms with Crippen molar-refractivity contribution in [2.24, 2.45) is 0 Å². The van der Waals surface area contributed by atoms with E-state index < -0.39 is 49.7 Å². The Balaban J connectivity index is 4.81. The number of carboxylic acid groups (broad SMARTS) is 1. The number of nitrogens with one attached hydrogen (secondary N) is 1. The summed E-state index contributed by atoms with van der Waals surface area (Å²) in [4.78, 5) is 45.4. The van der Waals surface area contributed by atoms with Crippen molar-refractivity contribution in [3.63, 3.8) is 0 Å². The van der Waals surface area contributed by atoms with Gasteiger partial charge in [-0.05, 0) is 0 Å². The molecule has 0 aromatic heterocycles. The van der Waals surface area contributed by atoms with Gasteiger partial charge in [-0.3, -0.25) is 9.59 Å². The van der Waals surface area contributed by atoms with Crippen LogP contribution in [-0.2, 0) is 23.9 Å². The second-order valence-electron chi connectivity index (χ2n) is 3.53. The van der Waals surface area contributed by atoms with Gasteiger partial charge in [0.25, 0.3) is 0 Å². The van der Waals surface area contributed by atoms with E-state index in [1.807, 2.05) is 5.32 Å². The molecule has 0 unspecified atom stereocenters. The number of hydrogen-bond donors (Lipinski definition) is 3. The molecule has 0 saturated carbocycles. The normalized spacial score (nSPS) is 11.2. The van der Waals surface area contributed by atoms with Crippen molar-refractivity contribution in [1.82, 2.24) is 10.2 Å². The minimum Gasteiger partial charge on any atom is -0.480 e. The summed E-state index contributed by atoms with van der Waals surface area (Å²) in [6.07, 6.45) is 0. The number of nitrogens with zero attached hydrogens (tertiary/aromatic N) is 1. The van der Waals surface area contributed by atoms with Gasteiger partial charge in [-0.15, -0.1) is 0 Å². The Bertz CT molecular complexity index is 365. The first-order valence-corrected chi connectivity index (χ1v) is 5.38. The molecular formula is C10H16N2O8. The van der Waals surface area contributed by atoms with Gasteiger partial charge in [-0.1, -0.05) is 0 Å². The number of esters is 2. The molecule has 10 heteroatoms. The van der Waals surface area contributed by atoms with Crippen LogP contribution in [-0.4, -0.2) is 79.0 Å². The van der Waals surface area contributed by atoms with Gasteiger partial charge < -0.3 is 29.9 Å². The molecule has 0 bridgehead atoms. The van der Waals surface area contributed by atoms with Crippen LogP contribution in [0.5, 0.6) is 0 Å². The van der Waals surface area contributed by atoms with Crippen LogP contribution in [0.1, 0.15) is 0 Å². The Morgan fingerprint density at radius 1 is 1.10 bits per heavy atom. The largest absolute Gasteiger partial charge is 0.480 e. The molecule has 114 valence electrons. The third kappa shape index (κ3) is 6.00. The van der Waals surface area contributed by atoms with E-state index in [1.165, 1.54) is 0 Å². The second-order valence-corrected chi connectivity index (χ2v) is 3.53. The molecule has 0 heterocycles. The SMILES string of the molecule is COC(=O)CN(CC(=O)OC)C(=O)N[C@H](CO)C(=O)O. The first-order valence-electron chi connectivity index (χ1n) is 5.38. The van der Waals surface area contributed by atoms with Gasteiger partial charge in [0.05, 0.1) is 20.8 Å². The maximum absolute atomic E-state index is 11.7. The van der Waals surface area contributed by atoms with Crippen molar-refractivity contribution in [3.8, 4) is 0 Å². The Morgan fingerprint density at radius 3 is 1.85 bits per heavy atom. The predicted molar refractivity (Wildman–Crippen MR) is 62.6 cm³/mol. The van der Waals surface area contributed by atoms with Crippen molar-refractivity contribution < 1.29 is 38.9 Å². The molecule has 0 aromatic carbocycles. The van der Waals surface area contributed by atoms with Crippen molar-refractivity contribution in [3.05, 3.63) is 0 Å². The lowest BCUT2D eigenvalue weighted by Gasteiger charge is -2.22. The van der Waals surface area contributed by atoms with Crippen LogP contribution in [0.3, 0.4) is 0 Å². The van der Waals surface area contributed by atoms with E-state index in [4.69, 9.17) is 10.2 Å². The quantitative estimate of drug-likeness (QED) is 0.448. The van der Waals surface area contributed by atoms with E-state index in [9.17, 15) is 19.2 Å². The average Bonchev–Trinajstić information content (AvgIpc) is 2.42. The number of hydrogen-bond acceptors (Lipinski definition) is 7. The number of aliphatic hydroxyl groups excluding tert-OH is 1. The van der Waals surface area contributed by atoms with Crippen molar-refractivity contribution in [1.29, 1.82) is 0 Å². The monoisotopic (exact) mass is 292 g/mol. The van der Waals surface area contributed by atoms with E-state index >= 15 is 0 Å². The average molecular weight is 292 g/mol. The fourth-order valence-electron chi connectivity index (χ4n) is 1.07. The molecule has 20 heavy (non-hydrogen) atoms. The summed E-state index contributed by atoms with van der Waals surface area (Å²) in [6.45, 7) is -1.99. The van der Waals surface area contributed by atoms with Crippen LogP contribution in [0.25, 0.3) is 0 Å². The van der Waals surface area contributed by atoms with Crippen LogP contribution >= 0.6 is 0 Å². The molecule has 0 radical (unpaired) electrons. The molecule has 0 rings (SSSR count). The minimum atomic E-state index is -1.56. The van der Waals surface area contributed by atoms with Crippen LogP contribution < -0.4 is 5.32 Å². The number of rotatable bonds is 7. The van der Waals surface area contributed by atoms with Gasteiger partial charge in [0, 0.05) is 0 Å². The smallest absolute Gasteiger partial charge is 0.328 e. The number of ether oxygens (including phenoxy) is 2. The number of carboxylic acids is 1. The van der Waals surface area contributed by atoms with Gasteiger partial charge in [-0.25, -0.2) is 9.59 Å². The summed E-state index contributed by atoms with van der Waals surface area (Å²) in [5.41, 5.74) is 0. The van der Waals surface area contributed by atoms with Crippen LogP contribution in [0, 0.1) is 0 Å². The summed E-state index contributed by atoms with van der Waals surface area (Å²) < 4.78 is 8.69. The van der Waals surface area contributed by atoms with E-state index in [0.717, 1.165) is 14.2 Å². The number of aliphatic hydroxyl groups is 1. The van der Waals surface area contributed by atoms with Crippen molar-refractivity contribution >= 4 is 23.9 Å². The van der Waals surface area contributed by atoms with Gasteiger partial charge in [-0.2, -0.15) is 0 Å². The molecule has 2 amide bonds.